The van der Waals surface area contributed by atoms with E-state index in [9.17, 15) is 17.9 Å². The van der Waals surface area contributed by atoms with Crippen LogP contribution in [-0.2, 0) is 10.0 Å². The second-order valence-electron chi connectivity index (χ2n) is 7.70. The summed E-state index contributed by atoms with van der Waals surface area (Å²) in [7, 11) is -3.29. The topological polar surface area (TPSA) is 69.6 Å². The Kier molecular flexibility index (Phi) is 11.6. The maximum atomic E-state index is 12.4. The molecule has 0 bridgehead atoms. The number of unbranched alkanes of at least 4 members (excludes halogenated alkanes) is 2. The molecule has 0 fully saturated rings. The summed E-state index contributed by atoms with van der Waals surface area (Å²) >= 11 is 0. The number of nitrogens with zero attached hydrogens (tertiary/aromatic N) is 1. The second-order valence-corrected chi connectivity index (χ2v) is 9.45. The summed E-state index contributed by atoms with van der Waals surface area (Å²) in [5.74, 6) is 0.181. The van der Waals surface area contributed by atoms with Gasteiger partial charge in [0, 0.05) is 5.69 Å². The van der Waals surface area contributed by atoms with E-state index in [0.29, 0.717) is 12.1 Å². The van der Waals surface area contributed by atoms with Crippen LogP contribution >= 0.6 is 0 Å². The molecule has 28 heavy (non-hydrogen) atoms. The number of halogens is 1. The number of benzene rings is 1. The van der Waals surface area contributed by atoms with Crippen LogP contribution in [-0.4, -0.2) is 51.0 Å². The van der Waals surface area contributed by atoms with Crippen molar-refractivity contribution in [1.29, 1.82) is 0 Å². The number of nitrogens with one attached hydrogen (secondary N) is 1. The van der Waals surface area contributed by atoms with Crippen molar-refractivity contribution in [2.24, 2.45) is 5.92 Å². The summed E-state index contributed by atoms with van der Waals surface area (Å²) in [6, 6.07) is 6.85. The molecule has 0 aromatic heterocycles. The van der Waals surface area contributed by atoms with Crippen LogP contribution in [0.15, 0.2) is 24.3 Å². The number of hydrogen-bond donors (Lipinski definition) is 2. The lowest BCUT2D eigenvalue weighted by molar-refractivity contribution is 0.155. The quantitative estimate of drug-likeness (QED) is 0.417. The number of hydrogen-bond acceptors (Lipinski definition) is 4. The average molecular weight is 417 g/mol. The highest BCUT2D eigenvalue weighted by Gasteiger charge is 2.10. The summed E-state index contributed by atoms with van der Waals surface area (Å²) < 4.78 is 37.3. The molecule has 1 aromatic rings. The van der Waals surface area contributed by atoms with E-state index in [1.54, 1.807) is 24.3 Å². The van der Waals surface area contributed by atoms with Crippen molar-refractivity contribution in [1.82, 2.24) is 4.90 Å². The van der Waals surface area contributed by atoms with Gasteiger partial charge in [0.15, 0.2) is 0 Å². The first-order valence-electron chi connectivity index (χ1n) is 10.3. The summed E-state index contributed by atoms with van der Waals surface area (Å²) in [5.41, 5.74) is 1.29. The van der Waals surface area contributed by atoms with Gasteiger partial charge in [0.1, 0.15) is 0 Å². The summed E-state index contributed by atoms with van der Waals surface area (Å²) in [6.45, 7) is 6.86. The Hall–Kier alpha value is -1.18. The van der Waals surface area contributed by atoms with Crippen molar-refractivity contribution < 1.29 is 17.9 Å². The van der Waals surface area contributed by atoms with Gasteiger partial charge in [-0.15, -0.1) is 0 Å². The average Bonchev–Trinajstić information content (AvgIpc) is 2.65. The fraction of sp³-hybridized carbons (Fsp3) is 0.714. The molecule has 162 valence electrons. The molecule has 0 amide bonds. The van der Waals surface area contributed by atoms with Crippen molar-refractivity contribution in [2.75, 3.05) is 37.3 Å². The molecule has 2 N–H and O–H groups in total. The van der Waals surface area contributed by atoms with E-state index < -0.39 is 16.1 Å². The zero-order chi connectivity index (χ0) is 21.0. The fourth-order valence-corrected chi connectivity index (χ4v) is 3.74. The first-order chi connectivity index (χ1) is 13.2. The molecule has 1 aromatic carbocycles. The Bertz CT molecular complexity index is 638. The van der Waals surface area contributed by atoms with Crippen LogP contribution in [0.2, 0.25) is 0 Å². The van der Waals surface area contributed by atoms with E-state index >= 15 is 0 Å². The van der Waals surface area contributed by atoms with Crippen LogP contribution in [0.4, 0.5) is 10.1 Å². The molecular weight excluding hydrogens is 379 g/mol. The summed E-state index contributed by atoms with van der Waals surface area (Å²) in [4.78, 5) is 2.39. The van der Waals surface area contributed by atoms with Crippen molar-refractivity contribution in [3.05, 3.63) is 29.8 Å². The molecule has 0 aliphatic carbocycles. The smallest absolute Gasteiger partial charge is 0.229 e. The second kappa shape index (κ2) is 13.1. The van der Waals surface area contributed by atoms with Crippen molar-refractivity contribution >= 4 is 15.7 Å². The zero-order valence-electron chi connectivity index (χ0n) is 17.5. The van der Waals surface area contributed by atoms with Crippen LogP contribution in [0, 0.1) is 5.92 Å². The normalized spacial score (nSPS) is 14.2. The largest absolute Gasteiger partial charge is 0.388 e. The van der Waals surface area contributed by atoms with Crippen molar-refractivity contribution in [3.8, 4) is 0 Å². The first kappa shape index (κ1) is 24.9. The summed E-state index contributed by atoms with van der Waals surface area (Å²) in [6.07, 6.45) is 6.45. The van der Waals surface area contributed by atoms with Crippen molar-refractivity contribution in [3.63, 3.8) is 0 Å². The highest BCUT2D eigenvalue weighted by atomic mass is 32.2. The highest BCUT2D eigenvalue weighted by Crippen LogP contribution is 2.21. The molecule has 0 saturated carbocycles. The Labute approximate surface area is 170 Å². The molecule has 0 saturated heterocycles. The molecule has 2 atom stereocenters. The minimum absolute atomic E-state index is 0.181. The number of anilines is 1. The minimum atomic E-state index is -3.29. The lowest BCUT2D eigenvalue weighted by Crippen LogP contribution is -2.26. The van der Waals surface area contributed by atoms with E-state index in [2.05, 4.69) is 16.5 Å². The summed E-state index contributed by atoms with van der Waals surface area (Å²) in [5, 5.41) is 10.4. The van der Waals surface area contributed by atoms with E-state index in [0.717, 1.165) is 63.6 Å². The zero-order valence-corrected chi connectivity index (χ0v) is 18.3. The van der Waals surface area contributed by atoms with E-state index in [1.807, 2.05) is 6.92 Å². The van der Waals surface area contributed by atoms with Gasteiger partial charge in [-0.3, -0.25) is 9.11 Å². The number of sulfonamides is 1. The number of aliphatic hydroxyl groups is 1. The number of aliphatic hydroxyl groups excluding tert-OH is 1. The molecule has 0 radical (unpaired) electrons. The van der Waals surface area contributed by atoms with Gasteiger partial charge in [-0.25, -0.2) is 8.42 Å². The maximum Gasteiger partial charge on any atom is 0.229 e. The van der Waals surface area contributed by atoms with Crippen LogP contribution in [0.5, 0.6) is 0 Å². The third kappa shape index (κ3) is 11.0. The monoisotopic (exact) mass is 416 g/mol. The molecule has 5 nitrogen and oxygen atoms in total. The number of rotatable bonds is 15. The Morgan fingerprint density at radius 2 is 1.71 bits per heavy atom. The lowest BCUT2D eigenvalue weighted by atomic mass is 10.0. The van der Waals surface area contributed by atoms with E-state index in [4.69, 9.17) is 0 Å². The van der Waals surface area contributed by atoms with Gasteiger partial charge in [0.2, 0.25) is 10.0 Å². The predicted molar refractivity (Wildman–Crippen MR) is 115 cm³/mol. The van der Waals surface area contributed by atoms with E-state index in [1.165, 1.54) is 0 Å². The van der Waals surface area contributed by atoms with Gasteiger partial charge in [0.25, 0.3) is 0 Å². The van der Waals surface area contributed by atoms with Gasteiger partial charge in [0.05, 0.1) is 19.0 Å². The first-order valence-corrected chi connectivity index (χ1v) is 12.2. The van der Waals surface area contributed by atoms with Crippen LogP contribution in [0.1, 0.15) is 64.0 Å². The Morgan fingerprint density at radius 3 is 2.29 bits per heavy atom. The van der Waals surface area contributed by atoms with E-state index in [-0.39, 0.29) is 12.6 Å². The number of alkyl halides is 1. The van der Waals surface area contributed by atoms with Gasteiger partial charge < -0.3 is 10.0 Å². The maximum absolute atomic E-state index is 12.4. The van der Waals surface area contributed by atoms with Crippen LogP contribution in [0.3, 0.4) is 0 Å². The third-order valence-corrected chi connectivity index (χ3v) is 5.54. The molecule has 0 spiro atoms. The van der Waals surface area contributed by atoms with Crippen molar-refractivity contribution in [2.45, 2.75) is 58.5 Å². The molecule has 1 unspecified atom stereocenters. The molecule has 0 heterocycles. The molecule has 0 aliphatic heterocycles. The van der Waals surface area contributed by atoms with Crippen LogP contribution in [0.25, 0.3) is 0 Å². The van der Waals surface area contributed by atoms with Crippen LogP contribution < -0.4 is 4.72 Å². The minimum Gasteiger partial charge on any atom is -0.388 e. The van der Waals surface area contributed by atoms with Gasteiger partial charge >= 0.3 is 0 Å². The Morgan fingerprint density at radius 1 is 1.07 bits per heavy atom. The van der Waals surface area contributed by atoms with Gasteiger partial charge in [-0.2, -0.15) is 0 Å². The molecule has 1 rings (SSSR count). The third-order valence-electron chi connectivity index (χ3n) is 4.93. The molecule has 7 heteroatoms. The lowest BCUT2D eigenvalue weighted by Gasteiger charge is -2.21. The van der Waals surface area contributed by atoms with Gasteiger partial charge in [-0.1, -0.05) is 38.8 Å². The SMILES string of the molecule is CCN(CCCCCC(C)CF)CCC[C@H](O)c1ccc(NS(C)(=O)=O)cc1. The Balaban J connectivity index is 2.28. The molecule has 0 aliphatic rings. The highest BCUT2D eigenvalue weighted by molar-refractivity contribution is 7.92. The molecular formula is C21H37FN2O3S. The predicted octanol–water partition coefficient (Wildman–Crippen LogP) is 4.36. The fourth-order valence-electron chi connectivity index (χ4n) is 3.17. The standard InChI is InChI=1S/C21H37FN2O3S/c1-4-24(15-7-5-6-9-18(2)17-22)16-8-10-21(25)19-11-13-20(14-12-19)23-28(3,26)27/h11-14,18,21,23,25H,4-10,15-17H2,1-3H3/t18?,21-/m0/s1. The van der Waals surface area contributed by atoms with Gasteiger partial charge in [-0.05, 0) is 68.9 Å².